The van der Waals surface area contributed by atoms with Crippen molar-refractivity contribution in [2.24, 2.45) is 0 Å². The Morgan fingerprint density at radius 2 is 2.23 bits per heavy atom. The molecule has 0 atom stereocenters. The summed E-state index contributed by atoms with van der Waals surface area (Å²) in [7, 11) is 0. The smallest absolute Gasteiger partial charge is 0.141 e. The van der Waals surface area contributed by atoms with E-state index in [0.717, 1.165) is 16.7 Å². The van der Waals surface area contributed by atoms with Crippen LogP contribution >= 0.6 is 22.9 Å². The number of hydrogen-bond acceptors (Lipinski definition) is 1. The first-order chi connectivity index (χ1) is 6.24. The van der Waals surface area contributed by atoms with Gasteiger partial charge in [0.25, 0.3) is 0 Å². The first-order valence-electron chi connectivity index (χ1n) is 4.08. The van der Waals surface area contributed by atoms with Crippen molar-refractivity contribution in [3.05, 3.63) is 33.9 Å². The molecule has 0 aliphatic heterocycles. The molecular weight excluding hydrogens is 207 g/mol. The van der Waals surface area contributed by atoms with Crippen molar-refractivity contribution in [1.29, 1.82) is 0 Å². The molecule has 0 aliphatic rings. The Labute approximate surface area is 85.0 Å². The fourth-order valence-corrected chi connectivity index (χ4v) is 2.65. The van der Waals surface area contributed by atoms with E-state index in [1.165, 1.54) is 16.7 Å². The van der Waals surface area contributed by atoms with Crippen molar-refractivity contribution in [2.45, 2.75) is 13.3 Å². The summed E-state index contributed by atoms with van der Waals surface area (Å²) < 4.78 is 14.0. The van der Waals surface area contributed by atoms with E-state index in [4.69, 9.17) is 11.6 Å². The zero-order valence-corrected chi connectivity index (χ0v) is 8.68. The molecule has 0 nitrogen and oxygen atoms in total. The van der Waals surface area contributed by atoms with E-state index in [0.29, 0.717) is 10.4 Å². The summed E-state index contributed by atoms with van der Waals surface area (Å²) in [6.07, 6.45) is 0.883. The van der Waals surface area contributed by atoms with Crippen molar-refractivity contribution in [2.75, 3.05) is 0 Å². The third-order valence-corrected chi connectivity index (χ3v) is 3.62. The van der Waals surface area contributed by atoms with Crippen LogP contribution in [0.1, 0.15) is 12.5 Å². The van der Waals surface area contributed by atoms with Crippen LogP contribution in [0.15, 0.2) is 17.5 Å². The van der Waals surface area contributed by atoms with E-state index in [-0.39, 0.29) is 5.82 Å². The molecule has 1 aromatic carbocycles. The zero-order valence-electron chi connectivity index (χ0n) is 7.10. The molecule has 3 heteroatoms. The Kier molecular flexibility index (Phi) is 2.26. The molecule has 2 rings (SSSR count). The van der Waals surface area contributed by atoms with E-state index >= 15 is 0 Å². The highest BCUT2D eigenvalue weighted by molar-refractivity contribution is 7.17. The molecule has 13 heavy (non-hydrogen) atoms. The van der Waals surface area contributed by atoms with E-state index < -0.39 is 0 Å². The minimum atomic E-state index is -0.176. The molecule has 0 radical (unpaired) electrons. The minimum absolute atomic E-state index is 0.176. The first-order valence-corrected chi connectivity index (χ1v) is 5.34. The van der Waals surface area contributed by atoms with Crippen LogP contribution in [0.4, 0.5) is 4.39 Å². The lowest BCUT2D eigenvalue weighted by atomic mass is 10.1. The van der Waals surface area contributed by atoms with Gasteiger partial charge in [-0.05, 0) is 12.0 Å². The molecule has 0 unspecified atom stereocenters. The molecule has 68 valence electrons. The zero-order chi connectivity index (χ0) is 9.42. The molecule has 0 saturated carbocycles. The van der Waals surface area contributed by atoms with Crippen molar-refractivity contribution in [3.8, 4) is 0 Å². The number of hydrogen-bond donors (Lipinski definition) is 0. The summed E-state index contributed by atoms with van der Waals surface area (Å²) >= 11 is 7.46. The Morgan fingerprint density at radius 3 is 2.92 bits per heavy atom. The van der Waals surface area contributed by atoms with Crippen LogP contribution in [0, 0.1) is 5.82 Å². The van der Waals surface area contributed by atoms with Crippen molar-refractivity contribution in [3.63, 3.8) is 0 Å². The predicted molar refractivity (Wildman–Crippen MR) is 56.2 cm³/mol. The van der Waals surface area contributed by atoms with Crippen LogP contribution < -0.4 is 0 Å². The Bertz CT molecular complexity index is 447. The SMILES string of the molecule is CCc1ccc2c(F)csc2c1Cl. The van der Waals surface area contributed by atoms with Gasteiger partial charge in [0.1, 0.15) is 5.82 Å². The highest BCUT2D eigenvalue weighted by atomic mass is 35.5. The monoisotopic (exact) mass is 214 g/mol. The number of aryl methyl sites for hydroxylation is 1. The summed E-state index contributed by atoms with van der Waals surface area (Å²) in [5, 5.41) is 2.83. The number of fused-ring (bicyclic) bond motifs is 1. The topological polar surface area (TPSA) is 0 Å². The van der Waals surface area contributed by atoms with Gasteiger partial charge in [-0.2, -0.15) is 0 Å². The number of halogens is 2. The third kappa shape index (κ3) is 1.34. The average Bonchev–Trinajstić information content (AvgIpc) is 2.50. The number of thiophene rings is 1. The van der Waals surface area contributed by atoms with Gasteiger partial charge in [-0.1, -0.05) is 30.7 Å². The molecule has 2 aromatic rings. The summed E-state index contributed by atoms with van der Waals surface area (Å²) in [5.41, 5.74) is 1.08. The molecule has 0 aliphatic carbocycles. The number of benzene rings is 1. The van der Waals surface area contributed by atoms with Crippen LogP contribution in [-0.2, 0) is 6.42 Å². The average molecular weight is 215 g/mol. The van der Waals surface area contributed by atoms with Crippen molar-refractivity contribution in [1.82, 2.24) is 0 Å². The van der Waals surface area contributed by atoms with Gasteiger partial charge in [-0.25, -0.2) is 4.39 Å². The van der Waals surface area contributed by atoms with Crippen LogP contribution in [0.3, 0.4) is 0 Å². The fourth-order valence-electron chi connectivity index (χ4n) is 1.35. The molecular formula is C10H8ClFS. The van der Waals surface area contributed by atoms with Gasteiger partial charge in [0, 0.05) is 10.8 Å². The van der Waals surface area contributed by atoms with E-state index in [1.807, 2.05) is 13.0 Å². The van der Waals surface area contributed by atoms with Gasteiger partial charge in [0.2, 0.25) is 0 Å². The predicted octanol–water partition coefficient (Wildman–Crippen LogP) is 4.26. The lowest BCUT2D eigenvalue weighted by Crippen LogP contribution is -1.81. The molecule has 0 spiro atoms. The summed E-state index contributed by atoms with van der Waals surface area (Å²) in [6, 6.07) is 3.69. The number of rotatable bonds is 1. The summed E-state index contributed by atoms with van der Waals surface area (Å²) in [6.45, 7) is 2.04. The molecule has 1 aromatic heterocycles. The van der Waals surface area contributed by atoms with Gasteiger partial charge < -0.3 is 0 Å². The van der Waals surface area contributed by atoms with Crippen LogP contribution in [0.25, 0.3) is 10.1 Å². The van der Waals surface area contributed by atoms with Crippen LogP contribution in [-0.4, -0.2) is 0 Å². The summed E-state index contributed by atoms with van der Waals surface area (Å²) in [5.74, 6) is -0.176. The van der Waals surface area contributed by atoms with E-state index in [9.17, 15) is 4.39 Å². The lowest BCUT2D eigenvalue weighted by Gasteiger charge is -2.00. The summed E-state index contributed by atoms with van der Waals surface area (Å²) in [4.78, 5) is 0. The van der Waals surface area contributed by atoms with Crippen molar-refractivity contribution >= 4 is 33.0 Å². The second-order valence-electron chi connectivity index (χ2n) is 2.85. The third-order valence-electron chi connectivity index (χ3n) is 2.10. The molecule has 0 saturated heterocycles. The van der Waals surface area contributed by atoms with E-state index in [2.05, 4.69) is 0 Å². The van der Waals surface area contributed by atoms with Gasteiger partial charge in [0.15, 0.2) is 0 Å². The molecule has 0 N–H and O–H groups in total. The minimum Gasteiger partial charge on any atom is -0.205 e. The maximum atomic E-state index is 13.1. The van der Waals surface area contributed by atoms with Gasteiger partial charge >= 0.3 is 0 Å². The quantitative estimate of drug-likeness (QED) is 0.666. The normalized spacial score (nSPS) is 11.0. The Hall–Kier alpha value is -0.600. The highest BCUT2D eigenvalue weighted by Crippen LogP contribution is 2.33. The maximum Gasteiger partial charge on any atom is 0.141 e. The Morgan fingerprint density at radius 1 is 1.46 bits per heavy atom. The molecule has 0 fully saturated rings. The molecule has 1 heterocycles. The molecule has 0 amide bonds. The lowest BCUT2D eigenvalue weighted by molar-refractivity contribution is 0.644. The van der Waals surface area contributed by atoms with Crippen molar-refractivity contribution < 1.29 is 4.39 Å². The van der Waals surface area contributed by atoms with Gasteiger partial charge in [-0.15, -0.1) is 11.3 Å². The second kappa shape index (κ2) is 3.28. The molecule has 0 bridgehead atoms. The van der Waals surface area contributed by atoms with E-state index in [1.54, 1.807) is 6.07 Å². The largest absolute Gasteiger partial charge is 0.205 e. The van der Waals surface area contributed by atoms with Gasteiger partial charge in [0.05, 0.1) is 9.72 Å². The Balaban J connectivity index is 2.80. The fraction of sp³-hybridized carbons (Fsp3) is 0.200. The maximum absolute atomic E-state index is 13.1. The first kappa shape index (κ1) is 8.97. The standard InChI is InChI=1S/C10H8ClFS/c1-2-6-3-4-7-8(12)5-13-10(7)9(6)11/h3-5H,2H2,1H3. The van der Waals surface area contributed by atoms with Gasteiger partial charge in [-0.3, -0.25) is 0 Å². The van der Waals surface area contributed by atoms with Crippen LogP contribution in [0.5, 0.6) is 0 Å². The second-order valence-corrected chi connectivity index (χ2v) is 4.11. The highest BCUT2D eigenvalue weighted by Gasteiger charge is 2.09. The van der Waals surface area contributed by atoms with Crippen LogP contribution in [0.2, 0.25) is 5.02 Å².